The maximum Gasteiger partial charge on any atom is 0.244 e. The molecule has 0 aliphatic rings. The first-order valence-electron chi connectivity index (χ1n) is 5.78. The maximum atomic E-state index is 11.9. The number of nitrogen functional groups attached to an aromatic ring is 1. The summed E-state index contributed by atoms with van der Waals surface area (Å²) in [6.07, 6.45) is 3.03. The molecule has 7 heteroatoms. The van der Waals surface area contributed by atoms with Crippen molar-refractivity contribution in [3.63, 3.8) is 0 Å². The number of anilines is 2. The zero-order valence-corrected chi connectivity index (χ0v) is 10.8. The van der Waals surface area contributed by atoms with Gasteiger partial charge >= 0.3 is 0 Å². The molecule has 0 bridgehead atoms. The summed E-state index contributed by atoms with van der Waals surface area (Å²) in [7, 11) is 1.54. The lowest BCUT2D eigenvalue weighted by Gasteiger charge is -2.10. The van der Waals surface area contributed by atoms with Gasteiger partial charge in [0.25, 0.3) is 0 Å². The number of methoxy groups -OCH3 is 1. The van der Waals surface area contributed by atoms with Crippen LogP contribution < -0.4 is 15.8 Å². The van der Waals surface area contributed by atoms with Crippen LogP contribution in [-0.4, -0.2) is 22.6 Å². The van der Waals surface area contributed by atoms with Gasteiger partial charge in [0.2, 0.25) is 11.7 Å². The van der Waals surface area contributed by atoms with E-state index in [1.807, 2.05) is 6.07 Å². The van der Waals surface area contributed by atoms with E-state index in [-0.39, 0.29) is 18.3 Å². The van der Waals surface area contributed by atoms with Crippen LogP contribution >= 0.6 is 0 Å². The molecule has 0 saturated heterocycles. The van der Waals surface area contributed by atoms with E-state index in [0.29, 0.717) is 17.1 Å². The lowest BCUT2D eigenvalue weighted by Crippen LogP contribution is -2.19. The van der Waals surface area contributed by atoms with Gasteiger partial charge in [-0.25, -0.2) is 4.98 Å². The third-order valence-corrected chi connectivity index (χ3v) is 2.66. The molecule has 0 fully saturated rings. The Hall–Kier alpha value is -3.01. The highest BCUT2D eigenvalue weighted by Gasteiger charge is 2.09. The van der Waals surface area contributed by atoms with Crippen molar-refractivity contribution in [3.05, 3.63) is 36.4 Å². The van der Waals surface area contributed by atoms with Gasteiger partial charge in [-0.3, -0.25) is 4.79 Å². The van der Waals surface area contributed by atoms with Gasteiger partial charge in [-0.2, -0.15) is 5.26 Å². The van der Waals surface area contributed by atoms with Crippen molar-refractivity contribution in [2.75, 3.05) is 18.2 Å². The number of imidazole rings is 1. The molecule has 0 saturated carbocycles. The van der Waals surface area contributed by atoms with Gasteiger partial charge in [-0.05, 0) is 12.1 Å². The molecule has 0 aliphatic carbocycles. The van der Waals surface area contributed by atoms with Crippen molar-refractivity contribution in [2.45, 2.75) is 6.54 Å². The van der Waals surface area contributed by atoms with Gasteiger partial charge in [-0.1, -0.05) is 0 Å². The van der Waals surface area contributed by atoms with E-state index in [1.165, 1.54) is 17.9 Å². The highest BCUT2D eigenvalue weighted by atomic mass is 16.5. The summed E-state index contributed by atoms with van der Waals surface area (Å²) in [5.74, 6) is 0.501. The molecule has 1 aromatic carbocycles. The standard InChI is InChI=1S/C13H13N5O2/c1-20-9-2-3-11(10(15)6-9)17-13(19)8-18-5-4-16-12(18)7-14/h2-6H,8,15H2,1H3,(H,17,19). The molecule has 20 heavy (non-hydrogen) atoms. The summed E-state index contributed by atoms with van der Waals surface area (Å²) >= 11 is 0. The minimum Gasteiger partial charge on any atom is -0.497 e. The van der Waals surface area contributed by atoms with Crippen LogP contribution in [0.1, 0.15) is 5.82 Å². The molecule has 2 rings (SSSR count). The number of benzene rings is 1. The summed E-state index contributed by atoms with van der Waals surface area (Å²) < 4.78 is 6.48. The molecule has 0 radical (unpaired) electrons. The minimum atomic E-state index is -0.295. The van der Waals surface area contributed by atoms with E-state index in [4.69, 9.17) is 15.7 Å². The highest BCUT2D eigenvalue weighted by molar-refractivity contribution is 5.93. The molecule has 1 aromatic heterocycles. The number of carbonyl (C=O) groups excluding carboxylic acids is 1. The summed E-state index contributed by atoms with van der Waals surface area (Å²) in [5.41, 5.74) is 6.71. The van der Waals surface area contributed by atoms with E-state index >= 15 is 0 Å². The summed E-state index contributed by atoms with van der Waals surface area (Å²) in [6, 6.07) is 6.88. The molecule has 0 spiro atoms. The molecule has 102 valence electrons. The fourth-order valence-corrected chi connectivity index (χ4v) is 1.68. The molecule has 3 N–H and O–H groups in total. The second kappa shape index (κ2) is 5.75. The van der Waals surface area contributed by atoms with Gasteiger partial charge in [0.1, 0.15) is 18.4 Å². The van der Waals surface area contributed by atoms with Gasteiger partial charge in [0.15, 0.2) is 0 Å². The second-order valence-corrected chi connectivity index (χ2v) is 3.99. The number of aromatic nitrogens is 2. The van der Waals surface area contributed by atoms with Crippen LogP contribution in [0.4, 0.5) is 11.4 Å². The largest absolute Gasteiger partial charge is 0.497 e. The van der Waals surface area contributed by atoms with Gasteiger partial charge < -0.3 is 20.4 Å². The number of rotatable bonds is 4. The summed E-state index contributed by atoms with van der Waals surface area (Å²) in [5, 5.41) is 11.5. The van der Waals surface area contributed by atoms with Gasteiger partial charge in [0, 0.05) is 18.5 Å². The first-order chi connectivity index (χ1) is 9.63. The van der Waals surface area contributed by atoms with Crippen molar-refractivity contribution >= 4 is 17.3 Å². The van der Waals surface area contributed by atoms with Crippen LogP contribution in [0.25, 0.3) is 0 Å². The van der Waals surface area contributed by atoms with Crippen molar-refractivity contribution in [3.8, 4) is 11.8 Å². The Morgan fingerprint density at radius 2 is 2.40 bits per heavy atom. The number of nitrogens with zero attached hydrogens (tertiary/aromatic N) is 3. The third-order valence-electron chi connectivity index (χ3n) is 2.66. The molecule has 0 atom stereocenters. The SMILES string of the molecule is COc1ccc(NC(=O)Cn2ccnc2C#N)c(N)c1. The van der Waals surface area contributed by atoms with E-state index < -0.39 is 0 Å². The molecule has 0 unspecified atom stereocenters. The van der Waals surface area contributed by atoms with Crippen LogP contribution in [0, 0.1) is 11.3 Å². The van der Waals surface area contributed by atoms with Gasteiger partial charge in [0.05, 0.1) is 18.5 Å². The number of hydrogen-bond donors (Lipinski definition) is 2. The molecular formula is C13H13N5O2. The Bertz CT molecular complexity index is 672. The van der Waals surface area contributed by atoms with E-state index in [2.05, 4.69) is 10.3 Å². The smallest absolute Gasteiger partial charge is 0.244 e. The predicted molar refractivity (Wildman–Crippen MR) is 73.0 cm³/mol. The zero-order valence-electron chi connectivity index (χ0n) is 10.8. The first kappa shape index (κ1) is 13.4. The molecular weight excluding hydrogens is 258 g/mol. The van der Waals surface area contributed by atoms with Crippen molar-refractivity contribution in [1.82, 2.24) is 9.55 Å². The van der Waals surface area contributed by atoms with Crippen LogP contribution in [0.2, 0.25) is 0 Å². The number of ether oxygens (including phenoxy) is 1. The molecule has 2 aromatic rings. The van der Waals surface area contributed by atoms with E-state index in [1.54, 1.807) is 24.4 Å². The molecule has 1 heterocycles. The highest BCUT2D eigenvalue weighted by Crippen LogP contribution is 2.23. The Labute approximate surface area is 115 Å². The number of nitriles is 1. The Kier molecular flexibility index (Phi) is 3.86. The molecule has 1 amide bonds. The monoisotopic (exact) mass is 271 g/mol. The van der Waals surface area contributed by atoms with Crippen molar-refractivity contribution in [1.29, 1.82) is 5.26 Å². The maximum absolute atomic E-state index is 11.9. The van der Waals surface area contributed by atoms with Crippen LogP contribution in [0.15, 0.2) is 30.6 Å². The van der Waals surface area contributed by atoms with Crippen LogP contribution in [0.3, 0.4) is 0 Å². The second-order valence-electron chi connectivity index (χ2n) is 3.99. The summed E-state index contributed by atoms with van der Waals surface area (Å²) in [6.45, 7) is -0.00559. The fourth-order valence-electron chi connectivity index (χ4n) is 1.68. The van der Waals surface area contributed by atoms with Crippen molar-refractivity contribution < 1.29 is 9.53 Å². The number of amides is 1. The molecule has 7 nitrogen and oxygen atoms in total. The van der Waals surface area contributed by atoms with Crippen LogP contribution in [0.5, 0.6) is 5.75 Å². The first-order valence-corrected chi connectivity index (χ1v) is 5.78. The number of hydrogen-bond acceptors (Lipinski definition) is 5. The zero-order chi connectivity index (χ0) is 14.5. The van der Waals surface area contributed by atoms with Crippen LogP contribution in [-0.2, 0) is 11.3 Å². The number of carbonyl (C=O) groups is 1. The normalized spacial score (nSPS) is 9.80. The Morgan fingerprint density at radius 1 is 1.60 bits per heavy atom. The van der Waals surface area contributed by atoms with Gasteiger partial charge in [-0.15, -0.1) is 0 Å². The quantitative estimate of drug-likeness (QED) is 0.806. The number of nitrogens with two attached hydrogens (primary N) is 1. The van der Waals surface area contributed by atoms with Crippen molar-refractivity contribution in [2.24, 2.45) is 0 Å². The van der Waals surface area contributed by atoms with E-state index in [0.717, 1.165) is 0 Å². The average Bonchev–Trinajstić information content (AvgIpc) is 2.88. The third kappa shape index (κ3) is 2.87. The lowest BCUT2D eigenvalue weighted by molar-refractivity contribution is -0.116. The minimum absolute atomic E-state index is 0.00559. The predicted octanol–water partition coefficient (Wildman–Crippen LogP) is 0.984. The Morgan fingerprint density at radius 3 is 3.05 bits per heavy atom. The number of nitrogens with one attached hydrogen (secondary N) is 1. The Balaban J connectivity index is 2.07. The van der Waals surface area contributed by atoms with E-state index in [9.17, 15) is 4.79 Å². The lowest BCUT2D eigenvalue weighted by atomic mass is 10.2. The summed E-state index contributed by atoms with van der Waals surface area (Å²) in [4.78, 5) is 15.7. The average molecular weight is 271 g/mol. The topological polar surface area (TPSA) is 106 Å². The molecule has 0 aliphatic heterocycles. The fraction of sp³-hybridized carbons (Fsp3) is 0.154.